The Labute approximate surface area is 123 Å². The summed E-state index contributed by atoms with van der Waals surface area (Å²) in [5, 5.41) is 2.84. The van der Waals surface area contributed by atoms with Crippen molar-refractivity contribution in [2.24, 2.45) is 0 Å². The Bertz CT molecular complexity index is 575. The van der Waals surface area contributed by atoms with Crippen LogP contribution < -0.4 is 19.5 Å². The van der Waals surface area contributed by atoms with E-state index in [4.69, 9.17) is 14.2 Å². The van der Waals surface area contributed by atoms with Crippen LogP contribution in [0.5, 0.6) is 23.5 Å². The normalized spacial score (nSPS) is 10.0. The molecule has 0 fully saturated rings. The summed E-state index contributed by atoms with van der Waals surface area (Å²) in [6.07, 6.45) is 0. The van der Waals surface area contributed by atoms with Gasteiger partial charge in [-0.1, -0.05) is 0 Å². The fourth-order valence-electron chi connectivity index (χ4n) is 1.57. The second kappa shape index (κ2) is 7.28. The molecule has 0 aliphatic carbocycles. The third-order valence-corrected chi connectivity index (χ3v) is 2.44. The predicted molar refractivity (Wildman–Crippen MR) is 78.2 cm³/mol. The zero-order chi connectivity index (χ0) is 15.1. The Kier molecular flexibility index (Phi) is 5.14. The van der Waals surface area contributed by atoms with E-state index in [2.05, 4.69) is 20.3 Å². The molecule has 0 amide bonds. The van der Waals surface area contributed by atoms with Crippen LogP contribution in [0.3, 0.4) is 0 Å². The van der Waals surface area contributed by atoms with Gasteiger partial charge in [0.05, 0.1) is 13.2 Å². The fourth-order valence-corrected chi connectivity index (χ4v) is 1.57. The smallest absolute Gasteiger partial charge is 0.330 e. The number of rotatable bonds is 7. The van der Waals surface area contributed by atoms with E-state index in [9.17, 15) is 0 Å². The Morgan fingerprint density at radius 1 is 0.857 bits per heavy atom. The van der Waals surface area contributed by atoms with Crippen LogP contribution in [0, 0.1) is 0 Å². The van der Waals surface area contributed by atoms with Gasteiger partial charge in [0, 0.05) is 7.05 Å². The molecule has 112 valence electrons. The first-order chi connectivity index (χ1) is 10.2. The number of nitrogens with one attached hydrogen (secondary N) is 1. The van der Waals surface area contributed by atoms with Crippen molar-refractivity contribution < 1.29 is 14.2 Å². The van der Waals surface area contributed by atoms with Gasteiger partial charge in [-0.3, -0.25) is 0 Å². The quantitative estimate of drug-likeness (QED) is 0.839. The summed E-state index contributed by atoms with van der Waals surface area (Å²) in [4.78, 5) is 12.3. The summed E-state index contributed by atoms with van der Waals surface area (Å²) < 4.78 is 16.3. The van der Waals surface area contributed by atoms with E-state index in [1.54, 1.807) is 19.2 Å². The number of hydrogen-bond donors (Lipinski definition) is 1. The summed E-state index contributed by atoms with van der Waals surface area (Å²) >= 11 is 0. The molecule has 2 aromatic rings. The van der Waals surface area contributed by atoms with E-state index >= 15 is 0 Å². The molecule has 2 rings (SSSR count). The molecular formula is C14H18N4O3. The van der Waals surface area contributed by atoms with Crippen LogP contribution in [0.15, 0.2) is 24.3 Å². The van der Waals surface area contributed by atoms with E-state index < -0.39 is 0 Å². The predicted octanol–water partition coefficient (Wildman–Crippen LogP) is 2.50. The molecule has 7 nitrogen and oxygen atoms in total. The SMILES string of the molecule is CCOc1ccc(Oc2nc(NC)nc(OCC)n2)cc1. The standard InChI is InChI=1S/C14H18N4O3/c1-4-19-10-6-8-11(9-7-10)21-14-17-12(15-3)16-13(18-14)20-5-2/h6-9H,4-5H2,1-3H3,(H,15,16,17,18). The highest BCUT2D eigenvalue weighted by Crippen LogP contribution is 2.23. The molecular weight excluding hydrogens is 272 g/mol. The molecule has 1 N–H and O–H groups in total. The van der Waals surface area contributed by atoms with Crippen molar-refractivity contribution in [3.63, 3.8) is 0 Å². The van der Waals surface area contributed by atoms with Crippen molar-refractivity contribution in [2.45, 2.75) is 13.8 Å². The average Bonchev–Trinajstić information content (AvgIpc) is 2.49. The molecule has 7 heteroatoms. The van der Waals surface area contributed by atoms with Crippen LogP contribution in [0.1, 0.15) is 13.8 Å². The number of aromatic nitrogens is 3. The summed E-state index contributed by atoms with van der Waals surface area (Å²) in [6.45, 7) is 4.88. The Hall–Kier alpha value is -2.57. The lowest BCUT2D eigenvalue weighted by atomic mass is 10.3. The van der Waals surface area contributed by atoms with Gasteiger partial charge in [0.2, 0.25) is 5.95 Å². The highest BCUT2D eigenvalue weighted by atomic mass is 16.5. The second-order valence-electron chi connectivity index (χ2n) is 3.91. The zero-order valence-corrected chi connectivity index (χ0v) is 12.3. The highest BCUT2D eigenvalue weighted by molar-refractivity contribution is 5.34. The molecule has 0 spiro atoms. The van der Waals surface area contributed by atoms with Crippen molar-refractivity contribution in [2.75, 3.05) is 25.6 Å². The minimum atomic E-state index is 0.168. The molecule has 21 heavy (non-hydrogen) atoms. The van der Waals surface area contributed by atoms with Gasteiger partial charge in [0.25, 0.3) is 0 Å². The fraction of sp³-hybridized carbons (Fsp3) is 0.357. The first-order valence-electron chi connectivity index (χ1n) is 6.72. The molecule has 0 atom stereocenters. The molecule has 0 aliphatic rings. The largest absolute Gasteiger partial charge is 0.494 e. The van der Waals surface area contributed by atoms with Crippen LogP contribution in [-0.4, -0.2) is 35.2 Å². The van der Waals surface area contributed by atoms with Crippen LogP contribution in [0.25, 0.3) is 0 Å². The van der Waals surface area contributed by atoms with E-state index in [1.165, 1.54) is 0 Å². The molecule has 1 heterocycles. The number of anilines is 1. The first kappa shape index (κ1) is 14.8. The second-order valence-corrected chi connectivity index (χ2v) is 3.91. The van der Waals surface area contributed by atoms with E-state index in [1.807, 2.05) is 26.0 Å². The number of hydrogen-bond acceptors (Lipinski definition) is 7. The van der Waals surface area contributed by atoms with Crippen LogP contribution in [-0.2, 0) is 0 Å². The maximum atomic E-state index is 5.60. The van der Waals surface area contributed by atoms with E-state index in [0.29, 0.717) is 24.9 Å². The number of ether oxygens (including phenoxy) is 3. The van der Waals surface area contributed by atoms with Gasteiger partial charge in [-0.15, -0.1) is 4.98 Å². The molecule has 1 aromatic carbocycles. The summed E-state index contributed by atoms with van der Waals surface area (Å²) in [5.74, 6) is 1.77. The number of benzene rings is 1. The van der Waals surface area contributed by atoms with Gasteiger partial charge >= 0.3 is 12.0 Å². The highest BCUT2D eigenvalue weighted by Gasteiger charge is 2.08. The van der Waals surface area contributed by atoms with Gasteiger partial charge in [-0.2, -0.15) is 9.97 Å². The van der Waals surface area contributed by atoms with E-state index in [-0.39, 0.29) is 12.0 Å². The molecule has 0 saturated heterocycles. The Morgan fingerprint density at radius 2 is 1.48 bits per heavy atom. The Morgan fingerprint density at radius 3 is 2.10 bits per heavy atom. The molecule has 1 aromatic heterocycles. The van der Waals surface area contributed by atoms with E-state index in [0.717, 1.165) is 5.75 Å². The number of nitrogens with zero attached hydrogens (tertiary/aromatic N) is 3. The summed E-state index contributed by atoms with van der Waals surface area (Å²) in [6, 6.07) is 7.60. The minimum Gasteiger partial charge on any atom is -0.494 e. The van der Waals surface area contributed by atoms with Crippen LogP contribution >= 0.6 is 0 Å². The zero-order valence-electron chi connectivity index (χ0n) is 12.3. The van der Waals surface area contributed by atoms with Crippen LogP contribution in [0.2, 0.25) is 0 Å². The topological polar surface area (TPSA) is 78.4 Å². The molecule has 0 radical (unpaired) electrons. The van der Waals surface area contributed by atoms with Crippen molar-refractivity contribution >= 4 is 5.95 Å². The van der Waals surface area contributed by atoms with Gasteiger partial charge in [0.1, 0.15) is 11.5 Å². The van der Waals surface area contributed by atoms with Gasteiger partial charge in [-0.05, 0) is 38.1 Å². The van der Waals surface area contributed by atoms with Crippen LogP contribution in [0.4, 0.5) is 5.95 Å². The van der Waals surface area contributed by atoms with Crippen molar-refractivity contribution in [1.82, 2.24) is 15.0 Å². The van der Waals surface area contributed by atoms with Crippen molar-refractivity contribution in [3.8, 4) is 23.5 Å². The molecule has 0 bridgehead atoms. The first-order valence-corrected chi connectivity index (χ1v) is 6.72. The van der Waals surface area contributed by atoms with Crippen molar-refractivity contribution in [3.05, 3.63) is 24.3 Å². The lowest BCUT2D eigenvalue weighted by Crippen LogP contribution is -2.05. The monoisotopic (exact) mass is 290 g/mol. The lowest BCUT2D eigenvalue weighted by molar-refractivity contribution is 0.303. The molecule has 0 aliphatic heterocycles. The third kappa shape index (κ3) is 4.20. The molecule has 0 unspecified atom stereocenters. The maximum absolute atomic E-state index is 5.60. The van der Waals surface area contributed by atoms with Gasteiger partial charge in [-0.25, -0.2) is 0 Å². The third-order valence-electron chi connectivity index (χ3n) is 2.44. The van der Waals surface area contributed by atoms with Crippen molar-refractivity contribution in [1.29, 1.82) is 0 Å². The summed E-state index contributed by atoms with van der Waals surface area (Å²) in [5.41, 5.74) is 0. The minimum absolute atomic E-state index is 0.168. The van der Waals surface area contributed by atoms with Gasteiger partial charge in [0.15, 0.2) is 0 Å². The average molecular weight is 290 g/mol. The summed E-state index contributed by atoms with van der Waals surface area (Å²) in [7, 11) is 1.71. The maximum Gasteiger partial charge on any atom is 0.330 e. The lowest BCUT2D eigenvalue weighted by Gasteiger charge is -2.08. The molecule has 0 saturated carbocycles. The van der Waals surface area contributed by atoms with Gasteiger partial charge < -0.3 is 19.5 Å². The Balaban J connectivity index is 2.15.